The van der Waals surface area contributed by atoms with E-state index in [2.05, 4.69) is 0 Å². The Hall–Kier alpha value is -0.110. The number of nitrogens with two attached hydrogens (primary N) is 1. The van der Waals surface area contributed by atoms with Crippen molar-refractivity contribution in [3.8, 4) is 0 Å². The molecule has 0 amide bonds. The van der Waals surface area contributed by atoms with Crippen molar-refractivity contribution in [2.45, 2.75) is 57.2 Å². The second-order valence-corrected chi connectivity index (χ2v) is 3.93. The van der Waals surface area contributed by atoms with Gasteiger partial charge in [0.2, 0.25) is 0 Å². The molecule has 2 atom stereocenters. The molecular weight excluding hydrogens is 141 g/mol. The molecule has 0 aromatic rings. The van der Waals surface area contributed by atoms with E-state index >= 15 is 0 Å². The van der Waals surface area contributed by atoms with Crippen molar-refractivity contribution in [1.82, 2.24) is 0 Å². The highest BCUT2D eigenvalue weighted by Crippen LogP contribution is 2.26. The van der Waals surface area contributed by atoms with Crippen LogP contribution in [0.2, 0.25) is 0 Å². The minimum absolute atomic E-state index is 0.555. The number of alkyl halides is 1. The Morgan fingerprint density at radius 2 is 1.91 bits per heavy atom. The lowest BCUT2D eigenvalue weighted by molar-refractivity contribution is 0.164. The van der Waals surface area contributed by atoms with Gasteiger partial charge in [-0.25, -0.2) is 4.39 Å². The first-order chi connectivity index (χ1) is 5.13. The summed E-state index contributed by atoms with van der Waals surface area (Å²) in [6.07, 6.45) is 5.21. The van der Waals surface area contributed by atoms with E-state index in [4.69, 9.17) is 5.73 Å². The van der Waals surface area contributed by atoms with Crippen LogP contribution < -0.4 is 5.73 Å². The van der Waals surface area contributed by atoms with E-state index < -0.39 is 11.7 Å². The van der Waals surface area contributed by atoms with E-state index in [1.54, 1.807) is 0 Å². The first-order valence-corrected chi connectivity index (χ1v) is 4.56. The lowest BCUT2D eigenvalue weighted by atomic mass is 9.85. The Balaban J connectivity index is 2.47. The molecule has 1 nitrogen and oxygen atoms in total. The summed E-state index contributed by atoms with van der Waals surface area (Å²) in [5, 5.41) is 0. The molecule has 0 aliphatic heterocycles. The Morgan fingerprint density at radius 3 is 2.64 bits per heavy atom. The van der Waals surface area contributed by atoms with Gasteiger partial charge in [0.05, 0.1) is 0 Å². The first kappa shape index (κ1) is 8.98. The smallest absolute Gasteiger partial charge is 0.118 e. The Bertz CT molecular complexity index is 123. The van der Waals surface area contributed by atoms with Gasteiger partial charge in [-0.05, 0) is 19.8 Å². The first-order valence-electron chi connectivity index (χ1n) is 4.56. The summed E-state index contributed by atoms with van der Waals surface area (Å²) in [7, 11) is 0. The van der Waals surface area contributed by atoms with Gasteiger partial charge in [0.1, 0.15) is 6.17 Å². The van der Waals surface area contributed by atoms with Gasteiger partial charge in [-0.3, -0.25) is 0 Å². The van der Waals surface area contributed by atoms with Crippen LogP contribution in [-0.2, 0) is 0 Å². The molecule has 66 valence electrons. The molecule has 1 saturated carbocycles. The fourth-order valence-corrected chi connectivity index (χ4v) is 1.67. The molecule has 1 aliphatic rings. The van der Waals surface area contributed by atoms with Gasteiger partial charge in [-0.2, -0.15) is 0 Å². The van der Waals surface area contributed by atoms with Crippen LogP contribution in [0.25, 0.3) is 0 Å². The molecule has 2 heteroatoms. The fourth-order valence-electron chi connectivity index (χ4n) is 1.67. The lowest BCUT2D eigenvalue weighted by Gasteiger charge is -2.30. The maximum atomic E-state index is 13.3. The Kier molecular flexibility index (Phi) is 2.88. The van der Waals surface area contributed by atoms with Crippen LogP contribution in [-0.4, -0.2) is 11.7 Å². The molecule has 11 heavy (non-hydrogen) atoms. The molecule has 2 N–H and O–H groups in total. The SMILES string of the molecule is CC1(N)CCCCCCC1F. The summed E-state index contributed by atoms with van der Waals surface area (Å²) in [5.41, 5.74) is 5.26. The fraction of sp³-hybridized carbons (Fsp3) is 1.00. The molecule has 0 aromatic carbocycles. The number of rotatable bonds is 0. The van der Waals surface area contributed by atoms with Gasteiger partial charge >= 0.3 is 0 Å². The van der Waals surface area contributed by atoms with Crippen LogP contribution in [0.5, 0.6) is 0 Å². The van der Waals surface area contributed by atoms with Crippen molar-refractivity contribution >= 4 is 0 Å². The number of hydrogen-bond donors (Lipinski definition) is 1. The van der Waals surface area contributed by atoms with Crippen molar-refractivity contribution in [1.29, 1.82) is 0 Å². The second kappa shape index (κ2) is 3.53. The topological polar surface area (TPSA) is 26.0 Å². The molecule has 1 aliphatic carbocycles. The quantitative estimate of drug-likeness (QED) is 0.577. The van der Waals surface area contributed by atoms with Crippen LogP contribution in [0.15, 0.2) is 0 Å². The molecule has 0 bridgehead atoms. The monoisotopic (exact) mass is 159 g/mol. The third kappa shape index (κ3) is 2.44. The summed E-state index contributed by atoms with van der Waals surface area (Å²) in [4.78, 5) is 0. The number of hydrogen-bond acceptors (Lipinski definition) is 1. The third-order valence-corrected chi connectivity index (χ3v) is 2.64. The van der Waals surface area contributed by atoms with Crippen LogP contribution in [0.1, 0.15) is 45.4 Å². The van der Waals surface area contributed by atoms with E-state index in [1.165, 1.54) is 12.8 Å². The summed E-state index contributed by atoms with van der Waals surface area (Å²) >= 11 is 0. The molecule has 1 rings (SSSR count). The van der Waals surface area contributed by atoms with Crippen molar-refractivity contribution < 1.29 is 4.39 Å². The van der Waals surface area contributed by atoms with E-state index in [1.807, 2.05) is 6.92 Å². The van der Waals surface area contributed by atoms with E-state index in [0.29, 0.717) is 6.42 Å². The second-order valence-electron chi connectivity index (χ2n) is 3.93. The zero-order chi connectivity index (χ0) is 8.32. The molecule has 0 radical (unpaired) electrons. The van der Waals surface area contributed by atoms with E-state index in [0.717, 1.165) is 19.3 Å². The standard InChI is InChI=1S/C9H18FN/c1-9(11)7-5-3-2-4-6-8(9)10/h8H,2-7,11H2,1H3. The highest BCUT2D eigenvalue weighted by atomic mass is 19.1. The van der Waals surface area contributed by atoms with Crippen molar-refractivity contribution in [2.75, 3.05) is 0 Å². The highest BCUT2D eigenvalue weighted by Gasteiger charge is 2.30. The Labute approximate surface area is 68.2 Å². The van der Waals surface area contributed by atoms with Gasteiger partial charge in [-0.1, -0.05) is 25.7 Å². The van der Waals surface area contributed by atoms with Crippen molar-refractivity contribution in [3.05, 3.63) is 0 Å². The molecule has 0 saturated heterocycles. The van der Waals surface area contributed by atoms with Crippen LogP contribution in [0, 0.1) is 0 Å². The van der Waals surface area contributed by atoms with Gasteiger partial charge in [0.15, 0.2) is 0 Å². The molecule has 1 fully saturated rings. The minimum atomic E-state index is -0.789. The largest absolute Gasteiger partial charge is 0.323 e. The zero-order valence-electron chi connectivity index (χ0n) is 7.28. The van der Waals surface area contributed by atoms with Crippen LogP contribution in [0.3, 0.4) is 0 Å². The molecule has 0 heterocycles. The van der Waals surface area contributed by atoms with Crippen LogP contribution in [0.4, 0.5) is 4.39 Å². The molecular formula is C9H18FN. The average molecular weight is 159 g/mol. The summed E-state index contributed by atoms with van der Waals surface area (Å²) in [5.74, 6) is 0. The summed E-state index contributed by atoms with van der Waals surface area (Å²) in [6, 6.07) is 0. The minimum Gasteiger partial charge on any atom is -0.323 e. The predicted molar refractivity (Wildman–Crippen MR) is 45.2 cm³/mol. The van der Waals surface area contributed by atoms with Crippen LogP contribution >= 0.6 is 0 Å². The van der Waals surface area contributed by atoms with Gasteiger partial charge < -0.3 is 5.73 Å². The normalized spacial score (nSPS) is 41.2. The zero-order valence-corrected chi connectivity index (χ0v) is 7.28. The highest BCUT2D eigenvalue weighted by molar-refractivity contribution is 4.88. The Morgan fingerprint density at radius 1 is 1.27 bits per heavy atom. The average Bonchev–Trinajstić information content (AvgIpc) is 1.93. The molecule has 2 unspecified atom stereocenters. The summed E-state index contributed by atoms with van der Waals surface area (Å²) in [6.45, 7) is 1.84. The maximum Gasteiger partial charge on any atom is 0.118 e. The van der Waals surface area contributed by atoms with Crippen molar-refractivity contribution in [2.24, 2.45) is 5.73 Å². The summed E-state index contributed by atoms with van der Waals surface area (Å²) < 4.78 is 13.3. The lowest BCUT2D eigenvalue weighted by Crippen LogP contribution is -2.46. The van der Waals surface area contributed by atoms with E-state index in [-0.39, 0.29) is 0 Å². The molecule has 0 aromatic heterocycles. The van der Waals surface area contributed by atoms with Gasteiger partial charge in [-0.15, -0.1) is 0 Å². The molecule has 0 spiro atoms. The predicted octanol–water partition coefficient (Wildman–Crippen LogP) is 2.40. The van der Waals surface area contributed by atoms with E-state index in [9.17, 15) is 4.39 Å². The van der Waals surface area contributed by atoms with Gasteiger partial charge in [0.25, 0.3) is 0 Å². The van der Waals surface area contributed by atoms with Gasteiger partial charge in [0, 0.05) is 5.54 Å². The van der Waals surface area contributed by atoms with Crippen molar-refractivity contribution in [3.63, 3.8) is 0 Å². The number of halogens is 1. The maximum absolute atomic E-state index is 13.3. The third-order valence-electron chi connectivity index (χ3n) is 2.64.